The first-order valence-electron chi connectivity index (χ1n) is 6.17. The third-order valence-corrected chi connectivity index (χ3v) is 3.13. The molecule has 0 spiro atoms. The van der Waals surface area contributed by atoms with Crippen molar-refractivity contribution < 1.29 is 0 Å². The molecule has 2 heteroatoms. The molecule has 0 saturated heterocycles. The van der Waals surface area contributed by atoms with Crippen LogP contribution in [0.2, 0.25) is 0 Å². The molecule has 1 nitrogen and oxygen atoms in total. The Morgan fingerprint density at radius 2 is 1.76 bits per heavy atom. The van der Waals surface area contributed by atoms with Gasteiger partial charge in [0.1, 0.15) is 0 Å². The molecular weight excluding hydrogens is 274 g/mol. The SMILES string of the molecule is CC(C)(C)CC(C)(C)NCc1cccc(Br)c1. The first kappa shape index (κ1) is 14.7. The first-order valence-corrected chi connectivity index (χ1v) is 6.97. The van der Waals surface area contributed by atoms with Gasteiger partial charge in [0.25, 0.3) is 0 Å². The van der Waals surface area contributed by atoms with Crippen molar-refractivity contribution in [2.24, 2.45) is 5.41 Å². The van der Waals surface area contributed by atoms with E-state index in [4.69, 9.17) is 0 Å². The maximum atomic E-state index is 3.64. The lowest BCUT2D eigenvalue weighted by Crippen LogP contribution is -2.41. The molecule has 1 aromatic rings. The molecule has 96 valence electrons. The standard InChI is InChI=1S/C15H24BrN/c1-14(2,3)11-15(4,5)17-10-12-7-6-8-13(16)9-12/h6-9,17H,10-11H2,1-5H3. The third kappa shape index (κ3) is 6.23. The summed E-state index contributed by atoms with van der Waals surface area (Å²) in [5.74, 6) is 0. The molecule has 1 aromatic carbocycles. The second-order valence-electron chi connectivity index (χ2n) is 6.60. The fourth-order valence-corrected chi connectivity index (χ4v) is 2.82. The van der Waals surface area contributed by atoms with E-state index in [-0.39, 0.29) is 5.54 Å². The van der Waals surface area contributed by atoms with Crippen LogP contribution in [-0.4, -0.2) is 5.54 Å². The van der Waals surface area contributed by atoms with Crippen molar-refractivity contribution in [3.05, 3.63) is 34.3 Å². The molecule has 0 aliphatic rings. The summed E-state index contributed by atoms with van der Waals surface area (Å²) in [6.45, 7) is 12.3. The van der Waals surface area contributed by atoms with Crippen molar-refractivity contribution in [1.29, 1.82) is 0 Å². The van der Waals surface area contributed by atoms with Gasteiger partial charge in [-0.3, -0.25) is 0 Å². The van der Waals surface area contributed by atoms with Crippen molar-refractivity contribution >= 4 is 15.9 Å². The molecular formula is C15H24BrN. The zero-order chi connectivity index (χ0) is 13.1. The van der Waals surface area contributed by atoms with Gasteiger partial charge in [-0.05, 0) is 43.4 Å². The monoisotopic (exact) mass is 297 g/mol. The Labute approximate surface area is 114 Å². The highest BCUT2D eigenvalue weighted by Crippen LogP contribution is 2.27. The Morgan fingerprint density at radius 3 is 2.29 bits per heavy atom. The molecule has 0 unspecified atom stereocenters. The smallest absolute Gasteiger partial charge is 0.0210 e. The number of halogens is 1. The molecule has 0 aromatic heterocycles. The van der Waals surface area contributed by atoms with Crippen LogP contribution < -0.4 is 5.32 Å². The summed E-state index contributed by atoms with van der Waals surface area (Å²) in [6.07, 6.45) is 1.16. The van der Waals surface area contributed by atoms with E-state index in [1.165, 1.54) is 5.56 Å². The van der Waals surface area contributed by atoms with Crippen molar-refractivity contribution in [1.82, 2.24) is 5.32 Å². The average Bonchev–Trinajstić information content (AvgIpc) is 2.11. The molecule has 0 saturated carbocycles. The van der Waals surface area contributed by atoms with Crippen molar-refractivity contribution in [2.45, 2.75) is 53.1 Å². The van der Waals surface area contributed by atoms with E-state index in [9.17, 15) is 0 Å². The Bertz CT molecular complexity index is 363. The van der Waals surface area contributed by atoms with Gasteiger partial charge in [-0.1, -0.05) is 48.8 Å². The summed E-state index contributed by atoms with van der Waals surface area (Å²) in [5.41, 5.74) is 1.84. The topological polar surface area (TPSA) is 12.0 Å². The Balaban J connectivity index is 2.55. The number of nitrogens with one attached hydrogen (secondary N) is 1. The first-order chi connectivity index (χ1) is 7.68. The van der Waals surface area contributed by atoms with Crippen molar-refractivity contribution in [2.75, 3.05) is 0 Å². The fraction of sp³-hybridized carbons (Fsp3) is 0.600. The minimum atomic E-state index is 0.167. The van der Waals surface area contributed by atoms with Crippen LogP contribution in [0.15, 0.2) is 28.7 Å². The third-order valence-electron chi connectivity index (χ3n) is 2.63. The van der Waals surface area contributed by atoms with E-state index in [0.29, 0.717) is 5.41 Å². The van der Waals surface area contributed by atoms with Crippen LogP contribution in [0, 0.1) is 5.41 Å². The highest BCUT2D eigenvalue weighted by atomic mass is 79.9. The second-order valence-corrected chi connectivity index (χ2v) is 7.52. The van der Waals surface area contributed by atoms with Crippen LogP contribution >= 0.6 is 15.9 Å². The highest BCUT2D eigenvalue weighted by molar-refractivity contribution is 9.10. The number of rotatable bonds is 4. The van der Waals surface area contributed by atoms with Gasteiger partial charge in [-0.25, -0.2) is 0 Å². The zero-order valence-electron chi connectivity index (χ0n) is 11.6. The normalized spacial score (nSPS) is 12.8. The quantitative estimate of drug-likeness (QED) is 0.845. The van der Waals surface area contributed by atoms with Gasteiger partial charge in [0, 0.05) is 16.6 Å². The van der Waals surface area contributed by atoms with Gasteiger partial charge in [-0.2, -0.15) is 0 Å². The molecule has 0 aliphatic heterocycles. The van der Waals surface area contributed by atoms with E-state index < -0.39 is 0 Å². The van der Waals surface area contributed by atoms with Crippen LogP contribution in [-0.2, 0) is 6.54 Å². The largest absolute Gasteiger partial charge is 0.308 e. The molecule has 0 radical (unpaired) electrons. The summed E-state index contributed by atoms with van der Waals surface area (Å²) in [5, 5.41) is 3.64. The summed E-state index contributed by atoms with van der Waals surface area (Å²) >= 11 is 3.50. The Morgan fingerprint density at radius 1 is 1.12 bits per heavy atom. The van der Waals surface area contributed by atoms with Crippen LogP contribution in [0.3, 0.4) is 0 Å². The van der Waals surface area contributed by atoms with Gasteiger partial charge in [-0.15, -0.1) is 0 Å². The molecule has 0 atom stereocenters. The average molecular weight is 298 g/mol. The zero-order valence-corrected chi connectivity index (χ0v) is 13.2. The second kappa shape index (κ2) is 5.53. The molecule has 0 aliphatic carbocycles. The lowest BCUT2D eigenvalue weighted by Gasteiger charge is -2.33. The number of hydrogen-bond acceptors (Lipinski definition) is 1. The lowest BCUT2D eigenvalue weighted by molar-refractivity contribution is 0.241. The summed E-state index contributed by atoms with van der Waals surface area (Å²) in [4.78, 5) is 0. The predicted molar refractivity (Wildman–Crippen MR) is 79.1 cm³/mol. The van der Waals surface area contributed by atoms with Crippen LogP contribution in [0.4, 0.5) is 0 Å². The maximum absolute atomic E-state index is 3.64. The van der Waals surface area contributed by atoms with Crippen LogP contribution in [0.1, 0.15) is 46.6 Å². The van der Waals surface area contributed by atoms with Crippen LogP contribution in [0.5, 0.6) is 0 Å². The molecule has 17 heavy (non-hydrogen) atoms. The van der Waals surface area contributed by atoms with E-state index in [0.717, 1.165) is 17.4 Å². The summed E-state index contributed by atoms with van der Waals surface area (Å²) in [6, 6.07) is 8.47. The predicted octanol–water partition coefficient (Wildman–Crippen LogP) is 4.75. The lowest BCUT2D eigenvalue weighted by atomic mass is 9.82. The van der Waals surface area contributed by atoms with Gasteiger partial charge in [0.05, 0.1) is 0 Å². The fourth-order valence-electron chi connectivity index (χ4n) is 2.38. The molecule has 1 N–H and O–H groups in total. The van der Waals surface area contributed by atoms with Crippen LogP contribution in [0.25, 0.3) is 0 Å². The van der Waals surface area contributed by atoms with E-state index in [2.05, 4.69) is 80.1 Å². The van der Waals surface area contributed by atoms with Crippen molar-refractivity contribution in [3.63, 3.8) is 0 Å². The molecule has 0 fully saturated rings. The Kier molecular flexibility index (Phi) is 4.79. The van der Waals surface area contributed by atoms with E-state index >= 15 is 0 Å². The number of hydrogen-bond donors (Lipinski definition) is 1. The molecule has 0 bridgehead atoms. The molecule has 0 amide bonds. The van der Waals surface area contributed by atoms with E-state index in [1.54, 1.807) is 0 Å². The van der Waals surface area contributed by atoms with E-state index in [1.807, 2.05) is 0 Å². The molecule has 0 heterocycles. The summed E-state index contributed by atoms with van der Waals surface area (Å²) in [7, 11) is 0. The Hall–Kier alpha value is -0.340. The van der Waals surface area contributed by atoms with Gasteiger partial charge < -0.3 is 5.32 Å². The minimum absolute atomic E-state index is 0.167. The highest BCUT2D eigenvalue weighted by Gasteiger charge is 2.24. The van der Waals surface area contributed by atoms with Gasteiger partial charge >= 0.3 is 0 Å². The maximum Gasteiger partial charge on any atom is 0.0210 e. The van der Waals surface area contributed by atoms with Gasteiger partial charge in [0.15, 0.2) is 0 Å². The molecule has 1 rings (SSSR count). The van der Waals surface area contributed by atoms with Gasteiger partial charge in [0.2, 0.25) is 0 Å². The number of benzene rings is 1. The summed E-state index contributed by atoms with van der Waals surface area (Å²) < 4.78 is 1.14. The minimum Gasteiger partial charge on any atom is -0.308 e. The van der Waals surface area contributed by atoms with Crippen molar-refractivity contribution in [3.8, 4) is 0 Å².